The molecule has 0 saturated heterocycles. The van der Waals surface area contributed by atoms with Gasteiger partial charge in [-0.25, -0.2) is 0 Å². The van der Waals surface area contributed by atoms with Gasteiger partial charge in [0.05, 0.1) is 0 Å². The Morgan fingerprint density at radius 1 is 1.07 bits per heavy atom. The molecule has 0 aliphatic heterocycles. The van der Waals surface area contributed by atoms with Crippen molar-refractivity contribution in [2.75, 3.05) is 6.17 Å². The average Bonchev–Trinajstić information content (AvgIpc) is 2.30. The Morgan fingerprint density at radius 3 is 2.00 bits per heavy atom. The first-order valence-electron chi connectivity index (χ1n) is 5.26. The van der Waals surface area contributed by atoms with Gasteiger partial charge in [-0.1, -0.05) is 47.7 Å². The molecule has 0 atom stereocenters. The van der Waals surface area contributed by atoms with Gasteiger partial charge in [-0.3, -0.25) is 0 Å². The second-order valence-electron chi connectivity index (χ2n) is 3.84. The topological polar surface area (TPSA) is 26.0 Å². The van der Waals surface area contributed by atoms with Gasteiger partial charge in [-0.05, 0) is 18.3 Å². The zero-order chi connectivity index (χ0) is 11.1. The summed E-state index contributed by atoms with van der Waals surface area (Å²) in [4.78, 5) is 0. The Hall–Kier alpha value is -1.12. The van der Waals surface area contributed by atoms with E-state index in [1.165, 1.54) is 5.19 Å². The quantitative estimate of drug-likeness (QED) is 0.574. The minimum Gasteiger partial charge on any atom is -0.333 e. The highest BCUT2D eigenvalue weighted by atomic mass is 28.3. The van der Waals surface area contributed by atoms with E-state index in [-0.39, 0.29) is 0 Å². The molecule has 0 saturated carbocycles. The van der Waals surface area contributed by atoms with Crippen molar-refractivity contribution in [3.05, 3.63) is 55.6 Å². The zero-order valence-electron chi connectivity index (χ0n) is 9.15. The lowest BCUT2D eigenvalue weighted by Crippen LogP contribution is -2.53. The Bertz CT molecular complexity index is 309. The Balaban J connectivity index is 3.07. The molecule has 0 aliphatic rings. The molecule has 0 heterocycles. The molecule has 2 heteroatoms. The Labute approximate surface area is 93.3 Å². The van der Waals surface area contributed by atoms with Gasteiger partial charge in [0.25, 0.3) is 0 Å². The second-order valence-corrected chi connectivity index (χ2v) is 8.20. The van der Waals surface area contributed by atoms with Crippen LogP contribution in [0, 0.1) is 0 Å². The smallest absolute Gasteiger partial charge is 0.108 e. The predicted octanol–water partition coefficient (Wildman–Crippen LogP) is 2.21. The normalized spacial score (nSPS) is 11.0. The van der Waals surface area contributed by atoms with Crippen LogP contribution in [-0.4, -0.2) is 14.2 Å². The number of allylic oxidation sites excluding steroid dienone is 2. The van der Waals surface area contributed by atoms with Gasteiger partial charge < -0.3 is 5.73 Å². The van der Waals surface area contributed by atoms with E-state index in [0.29, 0.717) is 0 Å². The summed E-state index contributed by atoms with van der Waals surface area (Å²) < 4.78 is 0. The summed E-state index contributed by atoms with van der Waals surface area (Å²) in [6, 6.07) is 12.6. The third kappa shape index (κ3) is 2.67. The van der Waals surface area contributed by atoms with Crippen molar-refractivity contribution in [1.29, 1.82) is 0 Å². The van der Waals surface area contributed by atoms with Crippen LogP contribution in [0.3, 0.4) is 0 Å². The molecule has 0 aliphatic carbocycles. The van der Waals surface area contributed by atoms with Gasteiger partial charge >= 0.3 is 0 Å². The molecular formula is C13H19NSi. The van der Waals surface area contributed by atoms with Gasteiger partial charge in [0.15, 0.2) is 0 Å². The van der Waals surface area contributed by atoms with E-state index < -0.39 is 8.07 Å². The minimum absolute atomic E-state index is 0.759. The zero-order valence-corrected chi connectivity index (χ0v) is 10.2. The van der Waals surface area contributed by atoms with E-state index in [4.69, 9.17) is 5.73 Å². The van der Waals surface area contributed by atoms with Crippen molar-refractivity contribution >= 4 is 13.3 Å². The third-order valence-electron chi connectivity index (χ3n) is 2.85. The highest BCUT2D eigenvalue weighted by molar-refractivity contribution is 6.92. The van der Waals surface area contributed by atoms with Gasteiger partial charge in [-0.15, -0.1) is 13.2 Å². The molecule has 15 heavy (non-hydrogen) atoms. The molecule has 1 aromatic rings. The van der Waals surface area contributed by atoms with Crippen LogP contribution >= 0.6 is 0 Å². The molecule has 0 fully saturated rings. The molecule has 0 unspecified atom stereocenters. The van der Waals surface area contributed by atoms with Crippen LogP contribution in [0.15, 0.2) is 55.6 Å². The maximum Gasteiger partial charge on any atom is 0.108 e. The van der Waals surface area contributed by atoms with Crippen molar-refractivity contribution in [2.45, 2.75) is 12.1 Å². The van der Waals surface area contributed by atoms with E-state index in [2.05, 4.69) is 37.4 Å². The molecule has 0 spiro atoms. The number of hydrogen-bond donors (Lipinski definition) is 1. The van der Waals surface area contributed by atoms with Crippen molar-refractivity contribution < 1.29 is 0 Å². The van der Waals surface area contributed by atoms with Gasteiger partial charge in [0.2, 0.25) is 0 Å². The molecule has 2 N–H and O–H groups in total. The largest absolute Gasteiger partial charge is 0.333 e. The monoisotopic (exact) mass is 217 g/mol. The van der Waals surface area contributed by atoms with Crippen LogP contribution in [0.25, 0.3) is 0 Å². The summed E-state index contributed by atoms with van der Waals surface area (Å²) in [7, 11) is -1.60. The highest BCUT2D eigenvalue weighted by Crippen LogP contribution is 2.15. The van der Waals surface area contributed by atoms with Crippen molar-refractivity contribution in [3.63, 3.8) is 0 Å². The first kappa shape index (κ1) is 11.9. The van der Waals surface area contributed by atoms with E-state index in [1.807, 2.05) is 18.2 Å². The van der Waals surface area contributed by atoms with Crippen molar-refractivity contribution in [1.82, 2.24) is 0 Å². The number of nitrogens with two attached hydrogens (primary N) is 1. The summed E-state index contributed by atoms with van der Waals surface area (Å²) in [5, 5.41) is 1.41. The summed E-state index contributed by atoms with van der Waals surface area (Å²) in [5.41, 5.74) is 5.98. The van der Waals surface area contributed by atoms with Crippen LogP contribution in [-0.2, 0) is 0 Å². The Morgan fingerprint density at radius 2 is 1.60 bits per heavy atom. The van der Waals surface area contributed by atoms with Crippen molar-refractivity contribution in [3.8, 4) is 0 Å². The maximum atomic E-state index is 5.98. The average molecular weight is 217 g/mol. The minimum atomic E-state index is -1.60. The number of hydrogen-bond acceptors (Lipinski definition) is 1. The van der Waals surface area contributed by atoms with Gasteiger partial charge in [0.1, 0.15) is 8.07 Å². The first-order chi connectivity index (χ1) is 7.29. The highest BCUT2D eigenvalue weighted by Gasteiger charge is 2.30. The Kier molecular flexibility index (Phi) is 4.53. The van der Waals surface area contributed by atoms with E-state index in [9.17, 15) is 0 Å². The fraction of sp³-hybridized carbons (Fsp3) is 0.231. The molecule has 0 bridgehead atoms. The molecule has 1 rings (SSSR count). The SMILES string of the molecule is C=CC[Si](CN)(CC=C)c1ccccc1. The summed E-state index contributed by atoms with van der Waals surface area (Å²) >= 11 is 0. The maximum absolute atomic E-state index is 5.98. The number of benzene rings is 1. The van der Waals surface area contributed by atoms with Crippen LogP contribution in [0.2, 0.25) is 12.1 Å². The standard InChI is InChI=1S/C13H19NSi/c1-3-10-15(12-14,11-4-2)13-8-6-5-7-9-13/h3-9H,1-2,10-12,14H2. The predicted molar refractivity (Wildman–Crippen MR) is 70.9 cm³/mol. The van der Waals surface area contributed by atoms with Gasteiger partial charge in [-0.2, -0.15) is 0 Å². The van der Waals surface area contributed by atoms with E-state index >= 15 is 0 Å². The van der Waals surface area contributed by atoms with Crippen molar-refractivity contribution in [2.24, 2.45) is 5.73 Å². The molecule has 0 amide bonds. The van der Waals surface area contributed by atoms with Gasteiger partial charge in [0, 0.05) is 0 Å². The van der Waals surface area contributed by atoms with E-state index in [1.54, 1.807) is 0 Å². The molecule has 80 valence electrons. The summed E-state index contributed by atoms with van der Waals surface area (Å²) in [5.74, 6) is 0. The summed E-state index contributed by atoms with van der Waals surface area (Å²) in [6.07, 6.45) is 4.75. The first-order valence-corrected chi connectivity index (χ1v) is 7.88. The molecule has 1 nitrogen and oxygen atoms in total. The second kappa shape index (κ2) is 5.68. The summed E-state index contributed by atoms with van der Waals surface area (Å²) in [6.45, 7) is 7.69. The van der Waals surface area contributed by atoms with Crippen LogP contribution < -0.4 is 10.9 Å². The van der Waals surface area contributed by atoms with Crippen LogP contribution in [0.5, 0.6) is 0 Å². The fourth-order valence-corrected chi connectivity index (χ4v) is 5.16. The van der Waals surface area contributed by atoms with Crippen LogP contribution in [0.1, 0.15) is 0 Å². The number of rotatable bonds is 6. The fourth-order valence-electron chi connectivity index (χ4n) is 1.95. The van der Waals surface area contributed by atoms with E-state index in [0.717, 1.165) is 18.3 Å². The molecule has 0 aromatic heterocycles. The lowest BCUT2D eigenvalue weighted by molar-refractivity contribution is 1.25. The molecule has 0 radical (unpaired) electrons. The lowest BCUT2D eigenvalue weighted by atomic mass is 10.4. The molecular weight excluding hydrogens is 198 g/mol. The van der Waals surface area contributed by atoms with Crippen LogP contribution in [0.4, 0.5) is 0 Å². The third-order valence-corrected chi connectivity index (χ3v) is 7.33. The lowest BCUT2D eigenvalue weighted by Gasteiger charge is -2.28. The molecule has 1 aromatic carbocycles.